The summed E-state index contributed by atoms with van der Waals surface area (Å²) < 4.78 is 1.74. The van der Waals surface area contributed by atoms with Gasteiger partial charge in [-0.1, -0.05) is 24.3 Å². The maximum atomic E-state index is 11.0. The Morgan fingerprint density at radius 3 is 2.78 bits per heavy atom. The Morgan fingerprint density at radius 1 is 1.11 bits per heavy atom. The molecule has 0 radical (unpaired) electrons. The van der Waals surface area contributed by atoms with E-state index >= 15 is 0 Å². The highest BCUT2D eigenvalue weighted by molar-refractivity contribution is 5.88. The number of carbonyl (C=O) groups is 1. The molecule has 3 rings (SSSR count). The van der Waals surface area contributed by atoms with Crippen LogP contribution >= 0.6 is 0 Å². The maximum absolute atomic E-state index is 11.0. The van der Waals surface area contributed by atoms with Gasteiger partial charge in [0.25, 0.3) is 0 Å². The molecule has 0 saturated heterocycles. The molecule has 0 aliphatic heterocycles. The quantitative estimate of drug-likeness (QED) is 0.746. The zero-order valence-corrected chi connectivity index (χ0v) is 9.45. The summed E-state index contributed by atoms with van der Waals surface area (Å²) in [5.41, 5.74) is 1.96. The van der Waals surface area contributed by atoms with Crippen molar-refractivity contribution in [2.45, 2.75) is 0 Å². The molecule has 0 unspecified atom stereocenters. The molecular formula is C14H10N2O2. The fourth-order valence-corrected chi connectivity index (χ4v) is 1.95. The van der Waals surface area contributed by atoms with Crippen molar-refractivity contribution in [1.29, 1.82) is 0 Å². The molecule has 3 aromatic rings. The molecule has 4 nitrogen and oxygen atoms in total. The first-order chi connectivity index (χ1) is 8.75. The van der Waals surface area contributed by atoms with E-state index in [0.29, 0.717) is 0 Å². The van der Waals surface area contributed by atoms with Crippen LogP contribution in [-0.4, -0.2) is 20.9 Å². The van der Waals surface area contributed by atoms with Crippen LogP contribution in [0, 0.1) is 0 Å². The van der Waals surface area contributed by atoms with E-state index in [4.69, 9.17) is 5.11 Å². The average Bonchev–Trinajstić information content (AvgIpc) is 2.82. The number of hydrogen-bond acceptors (Lipinski definition) is 2. The zero-order valence-electron chi connectivity index (χ0n) is 9.45. The molecular weight excluding hydrogens is 228 g/mol. The average molecular weight is 238 g/mol. The van der Waals surface area contributed by atoms with Gasteiger partial charge in [-0.05, 0) is 24.3 Å². The van der Waals surface area contributed by atoms with Crippen LogP contribution < -0.4 is 0 Å². The van der Waals surface area contributed by atoms with E-state index < -0.39 is 5.97 Å². The SMILES string of the molecule is O=C(O)c1cccc(-n2ncc3ccccc32)c1. The lowest BCUT2D eigenvalue weighted by molar-refractivity contribution is 0.0697. The van der Waals surface area contributed by atoms with Crippen molar-refractivity contribution in [3.05, 3.63) is 60.3 Å². The van der Waals surface area contributed by atoms with Crippen LogP contribution in [0.4, 0.5) is 0 Å². The van der Waals surface area contributed by atoms with Crippen molar-refractivity contribution < 1.29 is 9.90 Å². The molecule has 1 aromatic heterocycles. The summed E-state index contributed by atoms with van der Waals surface area (Å²) in [6.07, 6.45) is 1.77. The highest BCUT2D eigenvalue weighted by atomic mass is 16.4. The summed E-state index contributed by atoms with van der Waals surface area (Å²) in [5.74, 6) is -0.937. The zero-order chi connectivity index (χ0) is 12.5. The maximum Gasteiger partial charge on any atom is 0.335 e. The monoisotopic (exact) mass is 238 g/mol. The highest BCUT2D eigenvalue weighted by Gasteiger charge is 2.07. The highest BCUT2D eigenvalue weighted by Crippen LogP contribution is 2.18. The predicted molar refractivity (Wildman–Crippen MR) is 68.0 cm³/mol. The third-order valence-electron chi connectivity index (χ3n) is 2.81. The number of carboxylic acids is 1. The summed E-state index contributed by atoms with van der Waals surface area (Å²) >= 11 is 0. The fraction of sp³-hybridized carbons (Fsp3) is 0. The molecule has 0 aliphatic rings. The molecule has 0 atom stereocenters. The first-order valence-corrected chi connectivity index (χ1v) is 5.52. The van der Waals surface area contributed by atoms with E-state index in [2.05, 4.69) is 5.10 Å². The molecule has 0 saturated carbocycles. The Labute approximate surface area is 103 Å². The van der Waals surface area contributed by atoms with Gasteiger partial charge in [-0.2, -0.15) is 5.10 Å². The van der Waals surface area contributed by atoms with Crippen molar-refractivity contribution in [3.8, 4) is 5.69 Å². The number of aromatic carboxylic acids is 1. The van der Waals surface area contributed by atoms with Crippen LogP contribution in [0.5, 0.6) is 0 Å². The summed E-state index contributed by atoms with van der Waals surface area (Å²) in [6.45, 7) is 0. The number of rotatable bonds is 2. The van der Waals surface area contributed by atoms with Gasteiger partial charge in [-0.3, -0.25) is 0 Å². The van der Waals surface area contributed by atoms with Crippen LogP contribution in [0.15, 0.2) is 54.7 Å². The van der Waals surface area contributed by atoms with Crippen LogP contribution in [0.2, 0.25) is 0 Å². The van der Waals surface area contributed by atoms with Crippen LogP contribution in [0.3, 0.4) is 0 Å². The normalized spacial score (nSPS) is 10.7. The minimum atomic E-state index is -0.937. The molecule has 0 spiro atoms. The first-order valence-electron chi connectivity index (χ1n) is 5.52. The Balaban J connectivity index is 2.20. The second kappa shape index (κ2) is 4.00. The summed E-state index contributed by atoms with van der Waals surface area (Å²) in [6, 6.07) is 14.5. The molecule has 0 fully saturated rings. The number of benzene rings is 2. The predicted octanol–water partition coefficient (Wildman–Crippen LogP) is 2.72. The van der Waals surface area contributed by atoms with E-state index in [9.17, 15) is 4.79 Å². The molecule has 0 bridgehead atoms. The molecule has 18 heavy (non-hydrogen) atoms. The van der Waals surface area contributed by atoms with Gasteiger partial charge < -0.3 is 5.11 Å². The van der Waals surface area contributed by atoms with Gasteiger partial charge in [-0.15, -0.1) is 0 Å². The lowest BCUT2D eigenvalue weighted by Gasteiger charge is -2.04. The second-order valence-electron chi connectivity index (χ2n) is 3.97. The molecule has 88 valence electrons. The Kier molecular flexibility index (Phi) is 2.34. The minimum Gasteiger partial charge on any atom is -0.478 e. The number of aromatic nitrogens is 2. The van der Waals surface area contributed by atoms with E-state index in [-0.39, 0.29) is 5.56 Å². The second-order valence-corrected chi connectivity index (χ2v) is 3.97. The van der Waals surface area contributed by atoms with Crippen molar-refractivity contribution in [2.24, 2.45) is 0 Å². The molecule has 2 aromatic carbocycles. The number of hydrogen-bond donors (Lipinski definition) is 1. The van der Waals surface area contributed by atoms with E-state index in [0.717, 1.165) is 16.6 Å². The molecule has 0 aliphatic carbocycles. The topological polar surface area (TPSA) is 55.1 Å². The van der Waals surface area contributed by atoms with Gasteiger partial charge >= 0.3 is 5.97 Å². The van der Waals surface area contributed by atoms with Crippen molar-refractivity contribution in [1.82, 2.24) is 9.78 Å². The lowest BCUT2D eigenvalue weighted by atomic mass is 10.2. The minimum absolute atomic E-state index is 0.257. The Bertz CT molecular complexity index is 731. The third kappa shape index (κ3) is 1.64. The standard InChI is InChI=1S/C14H10N2O2/c17-14(18)10-5-3-6-12(8-10)16-13-7-2-1-4-11(13)9-15-16/h1-9H,(H,17,18). The van der Waals surface area contributed by atoms with Crippen LogP contribution in [-0.2, 0) is 0 Å². The van der Waals surface area contributed by atoms with Gasteiger partial charge in [0.1, 0.15) is 0 Å². The summed E-state index contributed by atoms with van der Waals surface area (Å²) in [4.78, 5) is 11.0. The molecule has 1 heterocycles. The molecule has 0 amide bonds. The van der Waals surface area contributed by atoms with Gasteiger partial charge in [-0.25, -0.2) is 9.48 Å². The van der Waals surface area contributed by atoms with Gasteiger partial charge in [0.2, 0.25) is 0 Å². The first kappa shape index (κ1) is 10.5. The number of nitrogens with zero attached hydrogens (tertiary/aromatic N) is 2. The van der Waals surface area contributed by atoms with Crippen molar-refractivity contribution in [2.75, 3.05) is 0 Å². The van der Waals surface area contributed by atoms with Gasteiger partial charge in [0, 0.05) is 5.39 Å². The third-order valence-corrected chi connectivity index (χ3v) is 2.81. The molecule has 4 heteroatoms. The number of para-hydroxylation sites is 1. The van der Waals surface area contributed by atoms with E-state index in [1.54, 1.807) is 29.1 Å². The summed E-state index contributed by atoms with van der Waals surface area (Å²) in [7, 11) is 0. The smallest absolute Gasteiger partial charge is 0.335 e. The fourth-order valence-electron chi connectivity index (χ4n) is 1.95. The Morgan fingerprint density at radius 2 is 1.94 bits per heavy atom. The lowest BCUT2D eigenvalue weighted by Crippen LogP contribution is -2.00. The van der Waals surface area contributed by atoms with E-state index in [1.165, 1.54) is 0 Å². The van der Waals surface area contributed by atoms with Gasteiger partial charge in [0.05, 0.1) is 23.0 Å². The largest absolute Gasteiger partial charge is 0.478 e. The Hall–Kier alpha value is -2.62. The van der Waals surface area contributed by atoms with Crippen LogP contribution in [0.1, 0.15) is 10.4 Å². The number of fused-ring (bicyclic) bond motifs is 1. The summed E-state index contributed by atoms with van der Waals surface area (Å²) in [5, 5.41) is 14.3. The van der Waals surface area contributed by atoms with E-state index in [1.807, 2.05) is 30.3 Å². The van der Waals surface area contributed by atoms with Crippen molar-refractivity contribution >= 4 is 16.9 Å². The van der Waals surface area contributed by atoms with Crippen LogP contribution in [0.25, 0.3) is 16.6 Å². The van der Waals surface area contributed by atoms with Crippen molar-refractivity contribution in [3.63, 3.8) is 0 Å². The molecule has 1 N–H and O–H groups in total. The van der Waals surface area contributed by atoms with Gasteiger partial charge in [0.15, 0.2) is 0 Å². The number of carboxylic acid groups (broad SMARTS) is 1.